The van der Waals surface area contributed by atoms with Gasteiger partial charge in [-0.25, -0.2) is 4.39 Å². The van der Waals surface area contributed by atoms with Gasteiger partial charge in [0.1, 0.15) is 0 Å². The first-order valence-electron chi connectivity index (χ1n) is 6.37. The summed E-state index contributed by atoms with van der Waals surface area (Å²) in [5.41, 5.74) is 2.01. The second-order valence-electron chi connectivity index (χ2n) is 4.34. The third kappa shape index (κ3) is 3.31. The first-order valence-corrected chi connectivity index (χ1v) is 7.49. The van der Waals surface area contributed by atoms with Gasteiger partial charge in [-0.2, -0.15) is 0 Å². The highest BCUT2D eigenvalue weighted by molar-refractivity contribution is 9.08. The minimum absolute atomic E-state index is 0.192. The third-order valence-corrected chi connectivity index (χ3v) is 3.65. The third-order valence-electron chi connectivity index (χ3n) is 3.01. The summed E-state index contributed by atoms with van der Waals surface area (Å²) in [6.45, 7) is 2.06. The zero-order chi connectivity index (χ0) is 14.5. The molecule has 2 rings (SSSR count). The molecule has 0 aliphatic rings. The van der Waals surface area contributed by atoms with E-state index in [9.17, 15) is 4.39 Å². The second-order valence-corrected chi connectivity index (χ2v) is 4.90. The van der Waals surface area contributed by atoms with Gasteiger partial charge < -0.3 is 9.47 Å². The minimum atomic E-state index is -0.386. The van der Waals surface area contributed by atoms with Crippen molar-refractivity contribution in [1.29, 1.82) is 0 Å². The molecule has 2 nitrogen and oxygen atoms in total. The highest BCUT2D eigenvalue weighted by Crippen LogP contribution is 2.33. The van der Waals surface area contributed by atoms with Gasteiger partial charge in [-0.1, -0.05) is 35.0 Å². The van der Waals surface area contributed by atoms with Crippen LogP contribution in [-0.2, 0) is 11.8 Å². The maximum atomic E-state index is 13.9. The van der Waals surface area contributed by atoms with E-state index in [2.05, 4.69) is 22.9 Å². The lowest BCUT2D eigenvalue weighted by Crippen LogP contribution is -1.94. The number of methoxy groups -OCH3 is 1. The van der Waals surface area contributed by atoms with Crippen LogP contribution in [0.4, 0.5) is 4.39 Å². The Hall–Kier alpha value is -1.55. The number of halogens is 2. The Kier molecular flexibility index (Phi) is 5.01. The van der Waals surface area contributed by atoms with E-state index >= 15 is 0 Å². The van der Waals surface area contributed by atoms with Crippen molar-refractivity contribution in [1.82, 2.24) is 0 Å². The highest BCUT2D eigenvalue weighted by atomic mass is 79.9. The molecule has 0 bridgehead atoms. The average Bonchev–Trinajstić information content (AvgIpc) is 2.49. The molecule has 0 aliphatic heterocycles. The van der Waals surface area contributed by atoms with Gasteiger partial charge in [-0.05, 0) is 41.8 Å². The predicted octanol–water partition coefficient (Wildman–Crippen LogP) is 5.08. The number of ether oxygens (including phenoxy) is 2. The van der Waals surface area contributed by atoms with Gasteiger partial charge in [-0.15, -0.1) is 0 Å². The SMILES string of the molecule is CCc1ccc(Oc2ccc(CBr)cc2F)c(OC)c1. The van der Waals surface area contributed by atoms with Crippen molar-refractivity contribution in [3.63, 3.8) is 0 Å². The lowest BCUT2D eigenvalue weighted by Gasteiger charge is -2.12. The van der Waals surface area contributed by atoms with Crippen molar-refractivity contribution in [2.45, 2.75) is 18.7 Å². The molecular formula is C16H16BrFO2. The van der Waals surface area contributed by atoms with Crippen LogP contribution < -0.4 is 9.47 Å². The molecule has 0 aromatic heterocycles. The molecule has 0 N–H and O–H groups in total. The Balaban J connectivity index is 2.29. The molecule has 0 radical (unpaired) electrons. The molecular weight excluding hydrogens is 323 g/mol. The van der Waals surface area contributed by atoms with Crippen LogP contribution in [0.25, 0.3) is 0 Å². The normalized spacial score (nSPS) is 10.4. The Morgan fingerprint density at radius 2 is 1.70 bits per heavy atom. The van der Waals surface area contributed by atoms with E-state index in [0.29, 0.717) is 16.8 Å². The monoisotopic (exact) mass is 338 g/mol. The van der Waals surface area contributed by atoms with E-state index in [1.165, 1.54) is 6.07 Å². The van der Waals surface area contributed by atoms with Crippen LogP contribution in [-0.4, -0.2) is 7.11 Å². The van der Waals surface area contributed by atoms with Gasteiger partial charge in [0.25, 0.3) is 0 Å². The Bertz CT molecular complexity index is 599. The van der Waals surface area contributed by atoms with Crippen molar-refractivity contribution in [3.8, 4) is 17.2 Å². The van der Waals surface area contributed by atoms with E-state index in [1.54, 1.807) is 19.2 Å². The van der Waals surface area contributed by atoms with Crippen molar-refractivity contribution in [3.05, 3.63) is 53.3 Å². The molecule has 0 saturated heterocycles. The fraction of sp³-hybridized carbons (Fsp3) is 0.250. The van der Waals surface area contributed by atoms with Crippen LogP contribution in [0.15, 0.2) is 36.4 Å². The van der Waals surface area contributed by atoms with E-state index < -0.39 is 0 Å². The first-order chi connectivity index (χ1) is 9.67. The van der Waals surface area contributed by atoms with Gasteiger partial charge in [0.05, 0.1) is 7.11 Å². The summed E-state index contributed by atoms with van der Waals surface area (Å²) in [5.74, 6) is 0.921. The van der Waals surface area contributed by atoms with Crippen LogP contribution in [0.3, 0.4) is 0 Å². The van der Waals surface area contributed by atoms with Gasteiger partial charge in [0.15, 0.2) is 23.1 Å². The Morgan fingerprint density at radius 3 is 2.30 bits per heavy atom. The quantitative estimate of drug-likeness (QED) is 0.707. The van der Waals surface area contributed by atoms with Crippen molar-refractivity contribution in [2.24, 2.45) is 0 Å². The molecule has 0 amide bonds. The Morgan fingerprint density at radius 1 is 1.00 bits per heavy atom. The average molecular weight is 339 g/mol. The standard InChI is InChI=1S/C16H16BrFO2/c1-3-11-4-7-15(16(9-11)19-2)20-14-6-5-12(10-17)8-13(14)18/h4-9H,3,10H2,1-2H3. The summed E-state index contributed by atoms with van der Waals surface area (Å²) in [7, 11) is 1.58. The van der Waals surface area contributed by atoms with Crippen LogP contribution in [0.2, 0.25) is 0 Å². The maximum Gasteiger partial charge on any atom is 0.169 e. The highest BCUT2D eigenvalue weighted by Gasteiger charge is 2.10. The molecule has 0 atom stereocenters. The molecule has 20 heavy (non-hydrogen) atoms. The number of hydrogen-bond acceptors (Lipinski definition) is 2. The van der Waals surface area contributed by atoms with E-state index in [0.717, 1.165) is 17.5 Å². The van der Waals surface area contributed by atoms with Crippen molar-refractivity contribution in [2.75, 3.05) is 7.11 Å². The first kappa shape index (κ1) is 14.9. The molecule has 2 aromatic carbocycles. The zero-order valence-electron chi connectivity index (χ0n) is 11.5. The zero-order valence-corrected chi connectivity index (χ0v) is 13.0. The smallest absolute Gasteiger partial charge is 0.169 e. The summed E-state index contributed by atoms with van der Waals surface area (Å²) < 4.78 is 24.8. The number of aryl methyl sites for hydroxylation is 1. The molecule has 106 valence electrons. The molecule has 0 unspecified atom stereocenters. The lowest BCUT2D eigenvalue weighted by atomic mass is 10.1. The predicted molar refractivity (Wildman–Crippen MR) is 81.5 cm³/mol. The summed E-state index contributed by atoms with van der Waals surface area (Å²) in [6, 6.07) is 10.5. The number of benzene rings is 2. The summed E-state index contributed by atoms with van der Waals surface area (Å²) >= 11 is 3.29. The van der Waals surface area contributed by atoms with Crippen molar-refractivity contribution >= 4 is 15.9 Å². The van der Waals surface area contributed by atoms with Gasteiger partial charge in [-0.3, -0.25) is 0 Å². The molecule has 0 heterocycles. The molecule has 0 saturated carbocycles. The lowest BCUT2D eigenvalue weighted by molar-refractivity contribution is 0.370. The van der Waals surface area contributed by atoms with Crippen LogP contribution in [0.5, 0.6) is 17.2 Å². The van der Waals surface area contributed by atoms with Gasteiger partial charge in [0, 0.05) is 5.33 Å². The summed E-state index contributed by atoms with van der Waals surface area (Å²) in [5, 5.41) is 0.610. The van der Waals surface area contributed by atoms with Crippen molar-refractivity contribution < 1.29 is 13.9 Å². The topological polar surface area (TPSA) is 18.5 Å². The number of hydrogen-bond donors (Lipinski definition) is 0. The van der Waals surface area contributed by atoms with E-state index in [4.69, 9.17) is 9.47 Å². The van der Waals surface area contributed by atoms with E-state index in [1.807, 2.05) is 18.2 Å². The fourth-order valence-corrected chi connectivity index (χ4v) is 2.19. The number of rotatable bonds is 5. The summed E-state index contributed by atoms with van der Waals surface area (Å²) in [6.07, 6.45) is 0.908. The second kappa shape index (κ2) is 6.75. The van der Waals surface area contributed by atoms with Crippen LogP contribution in [0.1, 0.15) is 18.1 Å². The van der Waals surface area contributed by atoms with Crippen LogP contribution >= 0.6 is 15.9 Å². The summed E-state index contributed by atoms with van der Waals surface area (Å²) in [4.78, 5) is 0. The van der Waals surface area contributed by atoms with Gasteiger partial charge >= 0.3 is 0 Å². The largest absolute Gasteiger partial charge is 0.493 e. The van der Waals surface area contributed by atoms with E-state index in [-0.39, 0.29) is 11.6 Å². The molecule has 0 fully saturated rings. The number of alkyl halides is 1. The van der Waals surface area contributed by atoms with Crippen LogP contribution in [0, 0.1) is 5.82 Å². The molecule has 0 spiro atoms. The Labute approximate surface area is 126 Å². The minimum Gasteiger partial charge on any atom is -0.493 e. The fourth-order valence-electron chi connectivity index (χ4n) is 1.84. The maximum absolute atomic E-state index is 13.9. The molecule has 4 heteroatoms. The molecule has 0 aliphatic carbocycles. The van der Waals surface area contributed by atoms with Gasteiger partial charge in [0.2, 0.25) is 0 Å². The molecule has 2 aromatic rings.